The first-order valence-electron chi connectivity index (χ1n) is 6.90. The third-order valence-electron chi connectivity index (χ3n) is 3.75. The topological polar surface area (TPSA) is 145 Å². The van der Waals surface area contributed by atoms with Crippen LogP contribution in [0.4, 0.5) is 10.5 Å². The number of likely N-dealkylation sites (tertiary alicyclic amines) is 1. The summed E-state index contributed by atoms with van der Waals surface area (Å²) in [5.74, 6) is -0.946. The van der Waals surface area contributed by atoms with Gasteiger partial charge in [0, 0.05) is 6.54 Å². The van der Waals surface area contributed by atoms with Crippen LogP contribution in [0.15, 0.2) is 0 Å². The summed E-state index contributed by atoms with van der Waals surface area (Å²) in [6.07, 6.45) is 0.532. The van der Waals surface area contributed by atoms with Gasteiger partial charge in [0.1, 0.15) is 5.69 Å². The van der Waals surface area contributed by atoms with Gasteiger partial charge in [0.15, 0.2) is 0 Å². The van der Waals surface area contributed by atoms with E-state index in [1.54, 1.807) is 6.92 Å². The number of aryl methyl sites for hydroxylation is 1. The van der Waals surface area contributed by atoms with Gasteiger partial charge in [-0.05, 0) is 19.3 Å². The number of hydrogen-bond donors (Lipinski definition) is 2. The maximum Gasteiger partial charge on any atom is 0.407 e. The first kappa shape index (κ1) is 15.7. The number of hydrogen-bond acceptors (Lipinski definition) is 5. The highest BCUT2D eigenvalue weighted by Gasteiger charge is 2.34. The minimum Gasteiger partial charge on any atom is -0.465 e. The van der Waals surface area contributed by atoms with Gasteiger partial charge in [0.25, 0.3) is 5.91 Å². The van der Waals surface area contributed by atoms with Crippen molar-refractivity contribution < 1.29 is 19.6 Å². The Morgan fingerprint density at radius 1 is 1.55 bits per heavy atom. The lowest BCUT2D eigenvalue weighted by molar-refractivity contribution is -0.385. The van der Waals surface area contributed by atoms with Crippen molar-refractivity contribution in [3.8, 4) is 0 Å². The van der Waals surface area contributed by atoms with Crippen molar-refractivity contribution in [1.29, 1.82) is 0 Å². The number of rotatable bonds is 5. The molecule has 10 nitrogen and oxygen atoms in total. The number of aromatic nitrogens is 2. The summed E-state index contributed by atoms with van der Waals surface area (Å²) in [6.45, 7) is 2.16. The predicted molar refractivity (Wildman–Crippen MR) is 74.5 cm³/mol. The first-order valence-corrected chi connectivity index (χ1v) is 6.90. The summed E-state index contributed by atoms with van der Waals surface area (Å²) >= 11 is 0. The molecule has 0 aliphatic carbocycles. The zero-order chi connectivity index (χ0) is 16.4. The van der Waals surface area contributed by atoms with E-state index in [0.717, 1.165) is 0 Å². The van der Waals surface area contributed by atoms with E-state index in [9.17, 15) is 19.7 Å². The highest BCUT2D eigenvalue weighted by Crippen LogP contribution is 2.26. The first-order chi connectivity index (χ1) is 10.4. The van der Waals surface area contributed by atoms with Crippen LogP contribution in [0.2, 0.25) is 0 Å². The maximum absolute atomic E-state index is 11.6. The quantitative estimate of drug-likeness (QED) is 0.601. The van der Waals surface area contributed by atoms with Gasteiger partial charge < -0.3 is 15.7 Å². The second-order valence-corrected chi connectivity index (χ2v) is 5.07. The van der Waals surface area contributed by atoms with E-state index < -0.39 is 22.6 Å². The van der Waals surface area contributed by atoms with Crippen molar-refractivity contribution in [2.75, 3.05) is 6.54 Å². The molecule has 2 heterocycles. The molecule has 2 amide bonds. The molecule has 1 atom stereocenters. The number of carboxylic acid groups (broad SMARTS) is 1. The molecule has 120 valence electrons. The fourth-order valence-electron chi connectivity index (χ4n) is 2.78. The fourth-order valence-corrected chi connectivity index (χ4v) is 2.78. The molecule has 0 aromatic carbocycles. The van der Waals surface area contributed by atoms with Crippen LogP contribution in [0.25, 0.3) is 0 Å². The van der Waals surface area contributed by atoms with E-state index in [0.29, 0.717) is 19.4 Å². The summed E-state index contributed by atoms with van der Waals surface area (Å²) in [7, 11) is 0. The Labute approximate surface area is 125 Å². The molecule has 1 aliphatic rings. The maximum atomic E-state index is 11.6. The minimum absolute atomic E-state index is 0.0748. The number of nitrogens with two attached hydrogens (primary N) is 1. The van der Waals surface area contributed by atoms with Crippen molar-refractivity contribution in [3.63, 3.8) is 0 Å². The molecule has 1 aliphatic heterocycles. The number of amides is 2. The molecule has 1 saturated heterocycles. The summed E-state index contributed by atoms with van der Waals surface area (Å²) in [6, 6.07) is -0.375. The molecule has 0 bridgehead atoms. The third-order valence-corrected chi connectivity index (χ3v) is 3.75. The number of carbonyl (C=O) groups is 2. The van der Waals surface area contributed by atoms with Crippen molar-refractivity contribution in [1.82, 2.24) is 14.7 Å². The van der Waals surface area contributed by atoms with Crippen molar-refractivity contribution in [3.05, 3.63) is 21.5 Å². The van der Waals surface area contributed by atoms with Crippen LogP contribution < -0.4 is 5.73 Å². The van der Waals surface area contributed by atoms with Crippen LogP contribution >= 0.6 is 0 Å². The standard InChI is InChI=1S/C12H17N5O5/c1-2-8-9(17(21)22)10(11(13)18)16(14-8)6-7-4-3-5-15(7)12(19)20/h7H,2-6H2,1H3,(H2,13,18)(H,19,20)/t7-/m1/s1. The fraction of sp³-hybridized carbons (Fsp3) is 0.583. The summed E-state index contributed by atoms with van der Waals surface area (Å²) in [5.41, 5.74) is 4.75. The average molecular weight is 311 g/mol. The van der Waals surface area contributed by atoms with E-state index >= 15 is 0 Å². The number of carbonyl (C=O) groups excluding carboxylic acids is 1. The average Bonchev–Trinajstić information content (AvgIpc) is 3.02. The molecule has 2 rings (SSSR count). The molecule has 0 saturated carbocycles. The van der Waals surface area contributed by atoms with Crippen molar-refractivity contribution in [2.45, 2.75) is 38.8 Å². The zero-order valence-electron chi connectivity index (χ0n) is 12.1. The summed E-state index contributed by atoms with van der Waals surface area (Å²) < 4.78 is 1.17. The highest BCUT2D eigenvalue weighted by atomic mass is 16.6. The van der Waals surface area contributed by atoms with E-state index in [2.05, 4.69) is 5.10 Å². The Hall–Kier alpha value is -2.65. The van der Waals surface area contributed by atoms with Crippen LogP contribution in [-0.4, -0.2) is 49.3 Å². The molecule has 3 N–H and O–H groups in total. The van der Waals surface area contributed by atoms with Gasteiger partial charge in [-0.3, -0.25) is 19.6 Å². The van der Waals surface area contributed by atoms with Gasteiger partial charge in [-0.15, -0.1) is 0 Å². The number of nitro groups is 1. The van der Waals surface area contributed by atoms with E-state index in [4.69, 9.17) is 10.8 Å². The molecular weight excluding hydrogens is 294 g/mol. The van der Waals surface area contributed by atoms with E-state index in [1.807, 2.05) is 0 Å². The second-order valence-electron chi connectivity index (χ2n) is 5.07. The van der Waals surface area contributed by atoms with E-state index in [1.165, 1.54) is 9.58 Å². The monoisotopic (exact) mass is 311 g/mol. The van der Waals surface area contributed by atoms with Crippen molar-refractivity contribution >= 4 is 17.7 Å². The molecule has 0 unspecified atom stereocenters. The largest absolute Gasteiger partial charge is 0.465 e. The third kappa shape index (κ3) is 2.71. The van der Waals surface area contributed by atoms with Crippen LogP contribution in [0, 0.1) is 10.1 Å². The Balaban J connectivity index is 2.40. The zero-order valence-corrected chi connectivity index (χ0v) is 12.1. The lowest BCUT2D eigenvalue weighted by atomic mass is 10.2. The van der Waals surface area contributed by atoms with Gasteiger partial charge in [-0.2, -0.15) is 5.10 Å². The number of nitrogens with zero attached hydrogens (tertiary/aromatic N) is 4. The molecule has 1 fully saturated rings. The van der Waals surface area contributed by atoms with Gasteiger partial charge in [-0.25, -0.2) is 4.79 Å². The van der Waals surface area contributed by atoms with Crippen LogP contribution in [0.3, 0.4) is 0 Å². The molecular formula is C12H17N5O5. The van der Waals surface area contributed by atoms with Gasteiger partial charge >= 0.3 is 11.8 Å². The Kier molecular flexibility index (Phi) is 4.29. The molecule has 1 aromatic heterocycles. The molecule has 0 spiro atoms. The lowest BCUT2D eigenvalue weighted by Gasteiger charge is -2.21. The van der Waals surface area contributed by atoms with Gasteiger partial charge in [-0.1, -0.05) is 6.92 Å². The Bertz CT molecular complexity index is 626. The van der Waals surface area contributed by atoms with Crippen LogP contribution in [0.1, 0.15) is 35.9 Å². The van der Waals surface area contributed by atoms with Gasteiger partial charge in [0.2, 0.25) is 5.69 Å². The summed E-state index contributed by atoms with van der Waals surface area (Å²) in [5, 5.41) is 24.4. The van der Waals surface area contributed by atoms with Crippen LogP contribution in [0.5, 0.6) is 0 Å². The smallest absolute Gasteiger partial charge is 0.407 e. The minimum atomic E-state index is -1.06. The summed E-state index contributed by atoms with van der Waals surface area (Å²) in [4.78, 5) is 34.5. The second kappa shape index (κ2) is 6.00. The lowest BCUT2D eigenvalue weighted by Crippen LogP contribution is -2.38. The highest BCUT2D eigenvalue weighted by molar-refractivity contribution is 5.95. The Morgan fingerprint density at radius 2 is 2.23 bits per heavy atom. The predicted octanol–water partition coefficient (Wildman–Crippen LogP) is 0.595. The normalized spacial score (nSPS) is 17.7. The molecule has 10 heteroatoms. The number of primary amides is 1. The van der Waals surface area contributed by atoms with E-state index in [-0.39, 0.29) is 30.4 Å². The van der Waals surface area contributed by atoms with Crippen LogP contribution in [-0.2, 0) is 13.0 Å². The molecule has 22 heavy (non-hydrogen) atoms. The SMILES string of the molecule is CCc1nn(C[C@H]2CCCN2C(=O)O)c(C(N)=O)c1[N+](=O)[O-]. The molecule has 1 aromatic rings. The Morgan fingerprint density at radius 3 is 2.73 bits per heavy atom. The van der Waals surface area contributed by atoms with Gasteiger partial charge in [0.05, 0.1) is 17.5 Å². The molecule has 0 radical (unpaired) electrons. The van der Waals surface area contributed by atoms with Crippen molar-refractivity contribution in [2.24, 2.45) is 5.73 Å².